The lowest BCUT2D eigenvalue weighted by atomic mass is 9.92. The molecule has 0 radical (unpaired) electrons. The average Bonchev–Trinajstić information content (AvgIpc) is 3.25. The number of rotatable bonds is 4. The Morgan fingerprint density at radius 2 is 1.88 bits per heavy atom. The summed E-state index contributed by atoms with van der Waals surface area (Å²) < 4.78 is 0. The van der Waals surface area contributed by atoms with Gasteiger partial charge in [0.05, 0.1) is 12.7 Å². The minimum Gasteiger partial charge on any atom is -0.331 e. The molecule has 3 amide bonds. The van der Waals surface area contributed by atoms with Gasteiger partial charge in [-0.25, -0.2) is 4.79 Å². The van der Waals surface area contributed by atoms with Crippen molar-refractivity contribution in [2.75, 3.05) is 40.3 Å². The van der Waals surface area contributed by atoms with Crippen molar-refractivity contribution in [2.45, 2.75) is 50.7 Å². The van der Waals surface area contributed by atoms with Gasteiger partial charge in [0.25, 0.3) is 0 Å². The van der Waals surface area contributed by atoms with Crippen molar-refractivity contribution in [2.24, 2.45) is 17.6 Å². The molecule has 0 aromatic carbocycles. The fourth-order valence-corrected chi connectivity index (χ4v) is 4.95. The van der Waals surface area contributed by atoms with Crippen LogP contribution in [0.3, 0.4) is 0 Å². The van der Waals surface area contributed by atoms with Crippen LogP contribution in [0.4, 0.5) is 4.79 Å². The van der Waals surface area contributed by atoms with Crippen LogP contribution in [0.1, 0.15) is 39.0 Å². The maximum absolute atomic E-state index is 12.5. The van der Waals surface area contributed by atoms with Crippen LogP contribution in [-0.2, 0) is 4.79 Å². The van der Waals surface area contributed by atoms with Gasteiger partial charge >= 0.3 is 6.03 Å². The molecule has 1 unspecified atom stereocenters. The molecule has 3 fully saturated rings. The average molecular weight is 351 g/mol. The summed E-state index contributed by atoms with van der Waals surface area (Å²) in [6.45, 7) is 5.05. The molecule has 0 aromatic rings. The molecule has 2 aliphatic heterocycles. The van der Waals surface area contributed by atoms with Crippen LogP contribution in [0.2, 0.25) is 0 Å². The molecule has 0 aromatic heterocycles. The fourth-order valence-electron chi connectivity index (χ4n) is 4.95. The van der Waals surface area contributed by atoms with Crippen LogP contribution in [-0.4, -0.2) is 78.6 Å². The second-order valence-electron chi connectivity index (χ2n) is 8.29. The predicted octanol–water partition coefficient (Wildman–Crippen LogP) is 0.655. The SMILES string of the molecule is CC[C@]1(NCC(=O)N2CCCC2N)C[C@H]2CN(C(=O)N(C)C)C[C@H]2C1. The Morgan fingerprint density at radius 1 is 1.24 bits per heavy atom. The van der Waals surface area contributed by atoms with Gasteiger partial charge in [-0.05, 0) is 43.9 Å². The minimum atomic E-state index is -0.111. The van der Waals surface area contributed by atoms with Gasteiger partial charge in [-0.1, -0.05) is 6.92 Å². The number of carbonyl (C=O) groups is 2. The first-order chi connectivity index (χ1) is 11.8. The van der Waals surface area contributed by atoms with Crippen LogP contribution in [0.5, 0.6) is 0 Å². The number of carbonyl (C=O) groups excluding carboxylic acids is 2. The summed E-state index contributed by atoms with van der Waals surface area (Å²) in [5.41, 5.74) is 6.04. The van der Waals surface area contributed by atoms with Crippen LogP contribution in [0, 0.1) is 11.8 Å². The molecule has 7 nitrogen and oxygen atoms in total. The number of nitrogens with zero attached hydrogens (tertiary/aromatic N) is 3. The lowest BCUT2D eigenvalue weighted by Gasteiger charge is -2.33. The van der Waals surface area contributed by atoms with Crippen molar-refractivity contribution in [1.82, 2.24) is 20.0 Å². The van der Waals surface area contributed by atoms with Crippen molar-refractivity contribution in [3.05, 3.63) is 0 Å². The van der Waals surface area contributed by atoms with Gasteiger partial charge in [0.2, 0.25) is 5.91 Å². The summed E-state index contributed by atoms with van der Waals surface area (Å²) >= 11 is 0. The summed E-state index contributed by atoms with van der Waals surface area (Å²) in [5, 5.41) is 3.58. The summed E-state index contributed by atoms with van der Waals surface area (Å²) in [6, 6.07) is 0.114. The third-order valence-corrected chi connectivity index (χ3v) is 6.45. The van der Waals surface area contributed by atoms with Gasteiger partial charge in [-0.15, -0.1) is 0 Å². The van der Waals surface area contributed by atoms with Gasteiger partial charge < -0.3 is 25.8 Å². The number of urea groups is 1. The van der Waals surface area contributed by atoms with Gasteiger partial charge in [-0.3, -0.25) is 4.79 Å². The Bertz CT molecular complexity index is 510. The minimum absolute atomic E-state index is 0.0298. The van der Waals surface area contributed by atoms with E-state index in [0.29, 0.717) is 18.4 Å². The third-order valence-electron chi connectivity index (χ3n) is 6.45. The Kier molecular flexibility index (Phi) is 5.25. The lowest BCUT2D eigenvalue weighted by Crippen LogP contribution is -2.51. The predicted molar refractivity (Wildman–Crippen MR) is 96.8 cm³/mol. The van der Waals surface area contributed by atoms with Crippen LogP contribution in [0.25, 0.3) is 0 Å². The van der Waals surface area contributed by atoms with Gasteiger partial charge in [0, 0.05) is 39.3 Å². The zero-order valence-electron chi connectivity index (χ0n) is 15.8. The Balaban J connectivity index is 1.54. The van der Waals surface area contributed by atoms with E-state index in [-0.39, 0.29) is 23.6 Å². The number of likely N-dealkylation sites (tertiary alicyclic amines) is 2. The molecule has 3 aliphatic rings. The molecule has 1 aliphatic carbocycles. The number of nitrogens with one attached hydrogen (secondary N) is 1. The van der Waals surface area contributed by atoms with Crippen LogP contribution in [0.15, 0.2) is 0 Å². The standard InChI is InChI=1S/C18H33N5O2/c1-4-18(20-10-16(24)23-7-5-6-15(23)19)8-13-11-22(12-14(13)9-18)17(25)21(2)3/h13-15,20H,4-12,19H2,1-3H3/t13-,14+,15?,18-. The van der Waals surface area contributed by atoms with Crippen molar-refractivity contribution >= 4 is 11.9 Å². The highest BCUT2D eigenvalue weighted by Gasteiger charge is 2.49. The Hall–Kier alpha value is -1.34. The maximum atomic E-state index is 12.5. The van der Waals surface area contributed by atoms with E-state index in [0.717, 1.165) is 51.7 Å². The normalized spacial score (nSPS) is 34.5. The second kappa shape index (κ2) is 7.11. The molecular weight excluding hydrogens is 318 g/mol. The van der Waals surface area contributed by atoms with E-state index in [4.69, 9.17) is 5.73 Å². The smallest absolute Gasteiger partial charge is 0.319 e. The van der Waals surface area contributed by atoms with E-state index >= 15 is 0 Å². The number of hydrogen-bond acceptors (Lipinski definition) is 4. The third kappa shape index (κ3) is 3.62. The molecule has 0 spiro atoms. The summed E-state index contributed by atoms with van der Waals surface area (Å²) in [6.07, 6.45) is 4.91. The molecule has 25 heavy (non-hydrogen) atoms. The first-order valence-electron chi connectivity index (χ1n) is 9.61. The van der Waals surface area contributed by atoms with Crippen molar-refractivity contribution in [3.63, 3.8) is 0 Å². The van der Waals surface area contributed by atoms with Crippen LogP contribution >= 0.6 is 0 Å². The monoisotopic (exact) mass is 351 g/mol. The van der Waals surface area contributed by atoms with E-state index < -0.39 is 0 Å². The van der Waals surface area contributed by atoms with E-state index in [2.05, 4.69) is 12.2 Å². The molecule has 3 N–H and O–H groups in total. The number of fused-ring (bicyclic) bond motifs is 1. The molecule has 4 atom stereocenters. The van der Waals surface area contributed by atoms with Gasteiger partial charge in [-0.2, -0.15) is 0 Å². The number of amides is 3. The highest BCUT2D eigenvalue weighted by Crippen LogP contribution is 2.45. The molecular formula is C18H33N5O2. The van der Waals surface area contributed by atoms with E-state index in [9.17, 15) is 9.59 Å². The van der Waals surface area contributed by atoms with Crippen molar-refractivity contribution in [3.8, 4) is 0 Å². The van der Waals surface area contributed by atoms with Crippen molar-refractivity contribution < 1.29 is 9.59 Å². The van der Waals surface area contributed by atoms with E-state index in [1.54, 1.807) is 4.90 Å². The fraction of sp³-hybridized carbons (Fsp3) is 0.889. The maximum Gasteiger partial charge on any atom is 0.319 e. The first-order valence-corrected chi connectivity index (χ1v) is 9.61. The number of nitrogens with two attached hydrogens (primary N) is 1. The molecule has 0 bridgehead atoms. The molecule has 7 heteroatoms. The first kappa shape index (κ1) is 18.5. The summed E-state index contributed by atoms with van der Waals surface area (Å²) in [4.78, 5) is 30.1. The summed E-state index contributed by atoms with van der Waals surface area (Å²) in [5.74, 6) is 1.21. The van der Waals surface area contributed by atoms with Gasteiger partial charge in [0.1, 0.15) is 0 Å². The molecule has 2 heterocycles. The highest BCUT2D eigenvalue weighted by molar-refractivity contribution is 5.79. The molecule has 142 valence electrons. The quantitative estimate of drug-likeness (QED) is 0.779. The van der Waals surface area contributed by atoms with Gasteiger partial charge in [0.15, 0.2) is 0 Å². The Labute approximate surface area is 150 Å². The van der Waals surface area contributed by atoms with Crippen molar-refractivity contribution in [1.29, 1.82) is 0 Å². The lowest BCUT2D eigenvalue weighted by molar-refractivity contribution is -0.131. The number of hydrogen-bond donors (Lipinski definition) is 2. The molecule has 2 saturated heterocycles. The zero-order chi connectivity index (χ0) is 18.2. The zero-order valence-corrected chi connectivity index (χ0v) is 15.8. The topological polar surface area (TPSA) is 81.9 Å². The second-order valence-corrected chi connectivity index (χ2v) is 8.29. The van der Waals surface area contributed by atoms with E-state index in [1.807, 2.05) is 23.9 Å². The molecule has 3 rings (SSSR count). The van der Waals surface area contributed by atoms with Crippen LogP contribution < -0.4 is 11.1 Å². The highest BCUT2D eigenvalue weighted by atomic mass is 16.2. The Morgan fingerprint density at radius 3 is 2.36 bits per heavy atom. The van der Waals surface area contributed by atoms with E-state index in [1.165, 1.54) is 0 Å². The summed E-state index contributed by atoms with van der Waals surface area (Å²) in [7, 11) is 3.62. The molecule has 1 saturated carbocycles. The largest absolute Gasteiger partial charge is 0.331 e.